The van der Waals surface area contributed by atoms with Crippen LogP contribution in [0.4, 0.5) is 4.39 Å². The van der Waals surface area contributed by atoms with Crippen LogP contribution in [0.15, 0.2) is 18.2 Å². The van der Waals surface area contributed by atoms with E-state index < -0.39 is 5.82 Å². The number of carbonyl (C=O) groups is 1. The summed E-state index contributed by atoms with van der Waals surface area (Å²) in [6.45, 7) is 0.577. The topological polar surface area (TPSA) is 26.3 Å². The minimum absolute atomic E-state index is 0.0476. The fraction of sp³-hybridized carbons (Fsp3) is 0.562. The van der Waals surface area contributed by atoms with Crippen molar-refractivity contribution in [3.05, 3.63) is 34.6 Å². The smallest absolute Gasteiger partial charge is 0.170 e. The first-order valence-electron chi connectivity index (χ1n) is 7.31. The Kier molecular flexibility index (Phi) is 4.57. The fourth-order valence-electron chi connectivity index (χ4n) is 3.28. The van der Waals surface area contributed by atoms with Crippen LogP contribution in [-0.2, 0) is 4.74 Å². The summed E-state index contributed by atoms with van der Waals surface area (Å²) in [7, 11) is 0. The maximum atomic E-state index is 13.9. The molecule has 114 valence electrons. The van der Waals surface area contributed by atoms with Crippen molar-refractivity contribution in [3.63, 3.8) is 0 Å². The molecule has 1 atom stereocenters. The number of halogens is 2. The Labute approximate surface area is 133 Å². The molecule has 2 nitrogen and oxygen atoms in total. The van der Waals surface area contributed by atoms with Crippen LogP contribution in [0.2, 0.25) is 5.02 Å². The molecule has 1 aromatic carbocycles. The number of ether oxygens (including phenoxy) is 1. The normalized spacial score (nSPS) is 25.0. The third-order valence-electron chi connectivity index (χ3n) is 4.48. The van der Waals surface area contributed by atoms with Gasteiger partial charge >= 0.3 is 0 Å². The summed E-state index contributed by atoms with van der Waals surface area (Å²) in [6.07, 6.45) is 3.30. The maximum Gasteiger partial charge on any atom is 0.170 e. The molecule has 0 aliphatic carbocycles. The predicted molar refractivity (Wildman–Crippen MR) is 83.7 cm³/mol. The van der Waals surface area contributed by atoms with Crippen molar-refractivity contribution in [2.45, 2.75) is 31.3 Å². The largest absolute Gasteiger partial charge is 0.375 e. The van der Waals surface area contributed by atoms with Gasteiger partial charge in [0.1, 0.15) is 5.82 Å². The summed E-state index contributed by atoms with van der Waals surface area (Å²) in [5.41, 5.74) is -0.131. The Bertz CT molecular complexity index is 517. The third-order valence-corrected chi connectivity index (χ3v) is 5.78. The molecule has 3 rings (SSSR count). The Morgan fingerprint density at radius 3 is 2.86 bits per heavy atom. The number of carbonyl (C=O) groups excluding carboxylic acids is 1. The number of rotatable bonds is 2. The Hall–Kier alpha value is -0.580. The summed E-state index contributed by atoms with van der Waals surface area (Å²) < 4.78 is 19.9. The lowest BCUT2D eigenvalue weighted by Gasteiger charge is -2.43. The number of thioether (sulfide) groups is 1. The van der Waals surface area contributed by atoms with Gasteiger partial charge in [0.15, 0.2) is 5.78 Å². The molecule has 1 spiro atoms. The highest BCUT2D eigenvalue weighted by atomic mass is 35.5. The quantitative estimate of drug-likeness (QED) is 0.755. The van der Waals surface area contributed by atoms with E-state index in [-0.39, 0.29) is 27.9 Å². The number of Topliss-reactive ketones (excluding diaryl/α,β-unsaturated/α-hetero) is 1. The van der Waals surface area contributed by atoms with Crippen LogP contribution in [0.5, 0.6) is 0 Å². The van der Waals surface area contributed by atoms with Crippen LogP contribution >= 0.6 is 23.4 Å². The van der Waals surface area contributed by atoms with Crippen molar-refractivity contribution < 1.29 is 13.9 Å². The van der Waals surface area contributed by atoms with E-state index in [1.165, 1.54) is 12.1 Å². The first kappa shape index (κ1) is 15.3. The van der Waals surface area contributed by atoms with E-state index >= 15 is 0 Å². The average Bonchev–Trinajstić information content (AvgIpc) is 2.48. The second-order valence-corrected chi connectivity index (χ2v) is 7.43. The van der Waals surface area contributed by atoms with Crippen LogP contribution in [0.3, 0.4) is 0 Å². The molecule has 2 aliphatic heterocycles. The zero-order chi connectivity index (χ0) is 14.9. The zero-order valence-electron chi connectivity index (χ0n) is 11.7. The van der Waals surface area contributed by atoms with Crippen LogP contribution in [0, 0.1) is 11.7 Å². The number of hydrogen-bond acceptors (Lipinski definition) is 3. The lowest BCUT2D eigenvalue weighted by Crippen LogP contribution is -2.44. The van der Waals surface area contributed by atoms with Gasteiger partial charge in [-0.05, 0) is 49.3 Å². The molecule has 0 aromatic heterocycles. The van der Waals surface area contributed by atoms with Crippen molar-refractivity contribution in [2.75, 3.05) is 18.1 Å². The maximum absolute atomic E-state index is 13.9. The molecule has 0 bridgehead atoms. The van der Waals surface area contributed by atoms with Gasteiger partial charge in [0.25, 0.3) is 0 Å². The molecule has 2 saturated heterocycles. The lowest BCUT2D eigenvalue weighted by atomic mass is 9.78. The van der Waals surface area contributed by atoms with E-state index in [2.05, 4.69) is 0 Å². The van der Waals surface area contributed by atoms with Crippen molar-refractivity contribution in [1.29, 1.82) is 0 Å². The fourth-order valence-corrected chi connectivity index (χ4v) is 4.77. The second kappa shape index (κ2) is 6.27. The van der Waals surface area contributed by atoms with Gasteiger partial charge in [-0.1, -0.05) is 17.7 Å². The van der Waals surface area contributed by atoms with Gasteiger partial charge in [-0.25, -0.2) is 4.39 Å². The van der Waals surface area contributed by atoms with Crippen LogP contribution in [0.1, 0.15) is 36.0 Å². The molecule has 1 aromatic rings. The van der Waals surface area contributed by atoms with Gasteiger partial charge < -0.3 is 4.74 Å². The van der Waals surface area contributed by atoms with Gasteiger partial charge in [-0.3, -0.25) is 4.79 Å². The summed E-state index contributed by atoms with van der Waals surface area (Å²) in [5.74, 6) is 1.27. The van der Waals surface area contributed by atoms with Crippen molar-refractivity contribution in [1.82, 2.24) is 0 Å². The first-order chi connectivity index (χ1) is 10.1. The Balaban J connectivity index is 1.81. The minimum atomic E-state index is -0.521. The van der Waals surface area contributed by atoms with Crippen LogP contribution in [-0.4, -0.2) is 29.5 Å². The monoisotopic (exact) mass is 328 g/mol. The van der Waals surface area contributed by atoms with E-state index in [4.69, 9.17) is 16.3 Å². The summed E-state index contributed by atoms with van der Waals surface area (Å²) in [6, 6.07) is 4.40. The summed E-state index contributed by atoms with van der Waals surface area (Å²) in [5, 5.41) is 0.208. The van der Waals surface area contributed by atoms with E-state index in [0.717, 1.165) is 24.3 Å². The molecule has 5 heteroatoms. The van der Waals surface area contributed by atoms with Crippen molar-refractivity contribution >= 4 is 29.1 Å². The number of hydrogen-bond donors (Lipinski definition) is 0. The highest BCUT2D eigenvalue weighted by Crippen LogP contribution is 2.41. The van der Waals surface area contributed by atoms with Crippen molar-refractivity contribution in [3.8, 4) is 0 Å². The van der Waals surface area contributed by atoms with Gasteiger partial charge in [-0.15, -0.1) is 0 Å². The molecular formula is C16H18ClFO2S. The Morgan fingerprint density at radius 2 is 2.14 bits per heavy atom. The molecule has 21 heavy (non-hydrogen) atoms. The Morgan fingerprint density at radius 1 is 1.38 bits per heavy atom. The zero-order valence-corrected chi connectivity index (χ0v) is 13.3. The molecular weight excluding hydrogens is 311 g/mol. The standard InChI is InChI=1S/C16H18ClFO2S/c17-12-2-1-3-13(18)14(12)15(19)11-4-7-20-16(10-11)5-8-21-9-6-16/h1-3,11H,4-10H2. The molecule has 0 N–H and O–H groups in total. The predicted octanol–water partition coefficient (Wildman–Crippen LogP) is 4.35. The molecule has 2 heterocycles. The number of ketones is 1. The summed E-state index contributed by atoms with van der Waals surface area (Å²) >= 11 is 7.95. The molecule has 0 amide bonds. The van der Waals surface area contributed by atoms with Gasteiger partial charge in [0.2, 0.25) is 0 Å². The molecule has 2 fully saturated rings. The summed E-state index contributed by atoms with van der Waals surface area (Å²) in [4.78, 5) is 12.7. The van der Waals surface area contributed by atoms with E-state index in [0.29, 0.717) is 19.4 Å². The van der Waals surface area contributed by atoms with E-state index in [9.17, 15) is 9.18 Å². The van der Waals surface area contributed by atoms with Crippen molar-refractivity contribution in [2.24, 2.45) is 5.92 Å². The minimum Gasteiger partial charge on any atom is -0.375 e. The third kappa shape index (κ3) is 3.13. The van der Waals surface area contributed by atoms with Gasteiger partial charge in [-0.2, -0.15) is 11.8 Å². The molecule has 0 saturated carbocycles. The highest BCUT2D eigenvalue weighted by Gasteiger charge is 2.41. The van der Waals surface area contributed by atoms with Gasteiger partial charge in [0, 0.05) is 12.5 Å². The molecule has 2 aliphatic rings. The average molecular weight is 329 g/mol. The van der Waals surface area contributed by atoms with Crippen LogP contribution in [0.25, 0.3) is 0 Å². The van der Waals surface area contributed by atoms with E-state index in [1.54, 1.807) is 6.07 Å². The SMILES string of the molecule is O=C(c1c(F)cccc1Cl)C1CCOC2(CCSCC2)C1. The lowest BCUT2D eigenvalue weighted by molar-refractivity contribution is -0.0960. The molecule has 0 radical (unpaired) electrons. The van der Waals surface area contributed by atoms with Crippen LogP contribution < -0.4 is 0 Å². The highest BCUT2D eigenvalue weighted by molar-refractivity contribution is 7.99. The number of benzene rings is 1. The van der Waals surface area contributed by atoms with Gasteiger partial charge in [0.05, 0.1) is 16.2 Å². The second-order valence-electron chi connectivity index (χ2n) is 5.79. The van der Waals surface area contributed by atoms with E-state index in [1.807, 2.05) is 11.8 Å². The first-order valence-corrected chi connectivity index (χ1v) is 8.84. The molecule has 1 unspecified atom stereocenters.